The zero-order valence-electron chi connectivity index (χ0n) is 9.01. The summed E-state index contributed by atoms with van der Waals surface area (Å²) in [6.45, 7) is -0.152. The van der Waals surface area contributed by atoms with Crippen molar-refractivity contribution in [2.24, 2.45) is 0 Å². The molecule has 0 atom stereocenters. The van der Waals surface area contributed by atoms with Gasteiger partial charge in [-0.25, -0.2) is 9.18 Å². The molecular weight excluding hydrogens is 249 g/mol. The van der Waals surface area contributed by atoms with Gasteiger partial charge in [0.2, 0.25) is 5.91 Å². The SMILES string of the molecule is CNC(=O)CNC(=O)Nc1ccc(F)cc1Cl. The Kier molecular flexibility index (Phi) is 4.71. The summed E-state index contributed by atoms with van der Waals surface area (Å²) in [5, 5.41) is 7.13. The summed E-state index contributed by atoms with van der Waals surface area (Å²) in [5.74, 6) is -0.823. The van der Waals surface area contributed by atoms with Crippen molar-refractivity contribution in [1.82, 2.24) is 10.6 Å². The van der Waals surface area contributed by atoms with Crippen LogP contribution in [0.5, 0.6) is 0 Å². The average Bonchev–Trinajstić information content (AvgIpc) is 2.29. The lowest BCUT2D eigenvalue weighted by atomic mass is 10.3. The Morgan fingerprint density at radius 1 is 1.41 bits per heavy atom. The van der Waals surface area contributed by atoms with Crippen LogP contribution in [-0.2, 0) is 4.79 Å². The van der Waals surface area contributed by atoms with E-state index in [1.807, 2.05) is 0 Å². The molecular formula is C10H11ClFN3O2. The average molecular weight is 260 g/mol. The molecule has 17 heavy (non-hydrogen) atoms. The second-order valence-corrected chi connectivity index (χ2v) is 3.51. The highest BCUT2D eigenvalue weighted by Gasteiger charge is 2.07. The van der Waals surface area contributed by atoms with Crippen LogP contribution in [-0.4, -0.2) is 25.5 Å². The third kappa shape index (κ3) is 4.28. The zero-order valence-corrected chi connectivity index (χ0v) is 9.77. The minimum atomic E-state index is -0.595. The zero-order chi connectivity index (χ0) is 12.8. The largest absolute Gasteiger partial charge is 0.358 e. The minimum Gasteiger partial charge on any atom is -0.358 e. The van der Waals surface area contributed by atoms with Crippen molar-refractivity contribution in [2.75, 3.05) is 18.9 Å². The minimum absolute atomic E-state index is 0.0834. The molecule has 0 unspecified atom stereocenters. The number of benzene rings is 1. The number of hydrogen-bond donors (Lipinski definition) is 3. The number of urea groups is 1. The third-order valence-electron chi connectivity index (χ3n) is 1.87. The molecule has 0 saturated heterocycles. The van der Waals surface area contributed by atoms with E-state index in [0.717, 1.165) is 6.07 Å². The summed E-state index contributed by atoms with van der Waals surface area (Å²) in [5.41, 5.74) is 0.266. The molecule has 0 aromatic heterocycles. The van der Waals surface area contributed by atoms with Gasteiger partial charge in [-0.2, -0.15) is 0 Å². The number of likely N-dealkylation sites (N-methyl/N-ethyl adjacent to an activating group) is 1. The lowest BCUT2D eigenvalue weighted by Gasteiger charge is -2.08. The molecule has 0 aliphatic carbocycles. The van der Waals surface area contributed by atoms with E-state index in [1.165, 1.54) is 19.2 Å². The monoisotopic (exact) mass is 259 g/mol. The van der Waals surface area contributed by atoms with E-state index in [0.29, 0.717) is 0 Å². The predicted octanol–water partition coefficient (Wildman–Crippen LogP) is 1.35. The van der Waals surface area contributed by atoms with E-state index in [2.05, 4.69) is 16.0 Å². The van der Waals surface area contributed by atoms with Crippen molar-refractivity contribution in [2.45, 2.75) is 0 Å². The van der Waals surface area contributed by atoms with Crippen LogP contribution in [0.15, 0.2) is 18.2 Å². The van der Waals surface area contributed by atoms with E-state index in [-0.39, 0.29) is 23.2 Å². The van der Waals surface area contributed by atoms with E-state index >= 15 is 0 Å². The van der Waals surface area contributed by atoms with E-state index in [9.17, 15) is 14.0 Å². The topological polar surface area (TPSA) is 70.2 Å². The first-order valence-electron chi connectivity index (χ1n) is 4.73. The van der Waals surface area contributed by atoms with Crippen LogP contribution in [0.2, 0.25) is 5.02 Å². The Balaban J connectivity index is 2.53. The van der Waals surface area contributed by atoms with Gasteiger partial charge in [0.1, 0.15) is 5.82 Å². The molecule has 1 aromatic rings. The van der Waals surface area contributed by atoms with Gasteiger partial charge in [0.25, 0.3) is 0 Å². The van der Waals surface area contributed by atoms with Gasteiger partial charge in [-0.15, -0.1) is 0 Å². The molecule has 0 bridgehead atoms. The quantitative estimate of drug-likeness (QED) is 0.767. The Morgan fingerprint density at radius 2 is 2.12 bits per heavy atom. The highest BCUT2D eigenvalue weighted by atomic mass is 35.5. The van der Waals surface area contributed by atoms with Crippen LogP contribution in [0.3, 0.4) is 0 Å². The van der Waals surface area contributed by atoms with Crippen LogP contribution in [0, 0.1) is 5.82 Å². The Morgan fingerprint density at radius 3 is 2.71 bits per heavy atom. The number of amides is 3. The van der Waals surface area contributed by atoms with Gasteiger partial charge in [-0.1, -0.05) is 11.6 Å². The molecule has 0 aliphatic heterocycles. The maximum Gasteiger partial charge on any atom is 0.319 e. The predicted molar refractivity (Wildman–Crippen MR) is 62.5 cm³/mol. The van der Waals surface area contributed by atoms with E-state index in [1.54, 1.807) is 0 Å². The molecule has 5 nitrogen and oxygen atoms in total. The molecule has 0 spiro atoms. The van der Waals surface area contributed by atoms with E-state index in [4.69, 9.17) is 11.6 Å². The maximum atomic E-state index is 12.7. The fourth-order valence-corrected chi connectivity index (χ4v) is 1.22. The van der Waals surface area contributed by atoms with Crippen molar-refractivity contribution in [3.63, 3.8) is 0 Å². The summed E-state index contributed by atoms with van der Waals surface area (Å²) >= 11 is 5.70. The van der Waals surface area contributed by atoms with Gasteiger partial charge in [0, 0.05) is 7.05 Å². The van der Waals surface area contributed by atoms with Gasteiger partial charge in [-0.3, -0.25) is 4.79 Å². The van der Waals surface area contributed by atoms with Crippen molar-refractivity contribution in [1.29, 1.82) is 0 Å². The molecule has 0 radical (unpaired) electrons. The van der Waals surface area contributed by atoms with Crippen molar-refractivity contribution < 1.29 is 14.0 Å². The standard InChI is InChI=1S/C10H11ClFN3O2/c1-13-9(16)5-14-10(17)15-8-3-2-6(12)4-7(8)11/h2-4H,5H2,1H3,(H,13,16)(H2,14,15,17). The highest BCUT2D eigenvalue weighted by molar-refractivity contribution is 6.33. The Bertz CT molecular complexity index is 440. The van der Waals surface area contributed by atoms with Crippen molar-refractivity contribution in [3.8, 4) is 0 Å². The highest BCUT2D eigenvalue weighted by Crippen LogP contribution is 2.21. The lowest BCUT2D eigenvalue weighted by molar-refractivity contribution is -0.119. The molecule has 7 heteroatoms. The second kappa shape index (κ2) is 6.05. The fourth-order valence-electron chi connectivity index (χ4n) is 1.01. The normalized spacial score (nSPS) is 9.59. The second-order valence-electron chi connectivity index (χ2n) is 3.11. The summed E-state index contributed by atoms with van der Waals surface area (Å²) in [7, 11) is 1.46. The Hall–Kier alpha value is -1.82. The van der Waals surface area contributed by atoms with Gasteiger partial charge < -0.3 is 16.0 Å². The van der Waals surface area contributed by atoms with Crippen LogP contribution in [0.1, 0.15) is 0 Å². The first-order chi connectivity index (χ1) is 8.02. The molecule has 0 fully saturated rings. The molecule has 1 aromatic carbocycles. The first kappa shape index (κ1) is 13.2. The Labute approximate surface area is 102 Å². The van der Waals surface area contributed by atoms with Crippen molar-refractivity contribution in [3.05, 3.63) is 29.0 Å². The lowest BCUT2D eigenvalue weighted by Crippen LogP contribution is -2.37. The van der Waals surface area contributed by atoms with Crippen molar-refractivity contribution >= 4 is 29.2 Å². The molecule has 92 valence electrons. The van der Waals surface area contributed by atoms with Crippen LogP contribution in [0.25, 0.3) is 0 Å². The number of rotatable bonds is 3. The number of hydrogen-bond acceptors (Lipinski definition) is 2. The van der Waals surface area contributed by atoms with Gasteiger partial charge in [-0.05, 0) is 18.2 Å². The molecule has 3 N–H and O–H groups in total. The molecule has 1 rings (SSSR count). The molecule has 0 heterocycles. The number of nitrogens with one attached hydrogen (secondary N) is 3. The summed E-state index contributed by atoms with van der Waals surface area (Å²) in [6, 6.07) is 2.98. The third-order valence-corrected chi connectivity index (χ3v) is 2.18. The maximum absolute atomic E-state index is 12.7. The summed E-state index contributed by atoms with van der Waals surface area (Å²) in [4.78, 5) is 22.2. The number of carbonyl (C=O) groups is 2. The van der Waals surface area contributed by atoms with Gasteiger partial charge in [0.05, 0.1) is 17.3 Å². The number of anilines is 1. The summed E-state index contributed by atoms with van der Waals surface area (Å²) < 4.78 is 12.7. The molecule has 0 aliphatic rings. The van der Waals surface area contributed by atoms with Crippen LogP contribution >= 0.6 is 11.6 Å². The van der Waals surface area contributed by atoms with Gasteiger partial charge >= 0.3 is 6.03 Å². The molecule has 3 amide bonds. The summed E-state index contributed by atoms with van der Waals surface area (Å²) in [6.07, 6.45) is 0. The number of halogens is 2. The smallest absolute Gasteiger partial charge is 0.319 e. The van der Waals surface area contributed by atoms with Gasteiger partial charge in [0.15, 0.2) is 0 Å². The fraction of sp³-hybridized carbons (Fsp3) is 0.200. The van der Waals surface area contributed by atoms with Crippen LogP contribution < -0.4 is 16.0 Å². The first-order valence-corrected chi connectivity index (χ1v) is 5.11. The van der Waals surface area contributed by atoms with E-state index < -0.39 is 11.8 Å². The molecule has 0 saturated carbocycles. The number of carbonyl (C=O) groups excluding carboxylic acids is 2. The van der Waals surface area contributed by atoms with Crippen LogP contribution in [0.4, 0.5) is 14.9 Å².